The van der Waals surface area contributed by atoms with Crippen LogP contribution < -0.4 is 11.3 Å². The molecule has 3 nitrogen and oxygen atoms in total. The summed E-state index contributed by atoms with van der Waals surface area (Å²) in [6, 6.07) is 6.30. The lowest BCUT2D eigenvalue weighted by Crippen LogP contribution is -2.27. The van der Waals surface area contributed by atoms with Crippen LogP contribution in [0.15, 0.2) is 28.7 Å². The van der Waals surface area contributed by atoms with Gasteiger partial charge in [-0.15, -0.1) is 0 Å². The summed E-state index contributed by atoms with van der Waals surface area (Å²) in [5, 5.41) is 0.770. The molecule has 1 aromatic carbocycles. The maximum Gasteiger partial charge on any atom is 0.134 e. The SMILES string of the molecule is CCCC(NN)c1cc2cc(F)ccc2o1. The number of fused-ring (bicyclic) bond motifs is 1. The minimum atomic E-state index is -0.257. The number of halogens is 1. The maximum atomic E-state index is 13.0. The molecule has 4 heteroatoms. The van der Waals surface area contributed by atoms with Gasteiger partial charge in [-0.1, -0.05) is 13.3 Å². The Hall–Kier alpha value is -1.39. The van der Waals surface area contributed by atoms with Gasteiger partial charge in [0.15, 0.2) is 0 Å². The molecule has 0 aliphatic heterocycles. The lowest BCUT2D eigenvalue weighted by Gasteiger charge is -2.10. The molecule has 16 heavy (non-hydrogen) atoms. The number of hydrogen-bond donors (Lipinski definition) is 2. The van der Waals surface area contributed by atoms with Gasteiger partial charge in [-0.3, -0.25) is 5.84 Å². The van der Waals surface area contributed by atoms with Crippen molar-refractivity contribution in [2.75, 3.05) is 0 Å². The van der Waals surface area contributed by atoms with Crippen LogP contribution in [0, 0.1) is 5.82 Å². The van der Waals surface area contributed by atoms with Gasteiger partial charge in [0.2, 0.25) is 0 Å². The molecular weight excluding hydrogens is 207 g/mol. The van der Waals surface area contributed by atoms with Gasteiger partial charge in [-0.05, 0) is 30.7 Å². The van der Waals surface area contributed by atoms with E-state index in [1.54, 1.807) is 6.07 Å². The highest BCUT2D eigenvalue weighted by Crippen LogP contribution is 2.26. The fourth-order valence-electron chi connectivity index (χ4n) is 1.80. The van der Waals surface area contributed by atoms with Crippen molar-refractivity contribution in [3.63, 3.8) is 0 Å². The van der Waals surface area contributed by atoms with Gasteiger partial charge in [0.05, 0.1) is 6.04 Å². The Morgan fingerprint density at radius 1 is 1.44 bits per heavy atom. The normalized spacial score (nSPS) is 13.2. The first-order valence-electron chi connectivity index (χ1n) is 5.39. The first-order valence-corrected chi connectivity index (χ1v) is 5.39. The smallest absolute Gasteiger partial charge is 0.134 e. The van der Waals surface area contributed by atoms with Gasteiger partial charge in [0.25, 0.3) is 0 Å². The summed E-state index contributed by atoms with van der Waals surface area (Å²) in [6.07, 6.45) is 1.89. The number of furan rings is 1. The summed E-state index contributed by atoms with van der Waals surface area (Å²) in [4.78, 5) is 0. The molecule has 0 spiro atoms. The van der Waals surface area contributed by atoms with Crippen LogP contribution >= 0.6 is 0 Å². The Bertz CT molecular complexity index is 481. The molecular formula is C12H15FN2O. The van der Waals surface area contributed by atoms with E-state index in [1.807, 2.05) is 6.07 Å². The lowest BCUT2D eigenvalue weighted by molar-refractivity contribution is 0.414. The van der Waals surface area contributed by atoms with Crippen LogP contribution in [0.2, 0.25) is 0 Å². The summed E-state index contributed by atoms with van der Waals surface area (Å²) < 4.78 is 18.6. The van der Waals surface area contributed by atoms with E-state index in [0.29, 0.717) is 5.58 Å². The Labute approximate surface area is 93.4 Å². The highest BCUT2D eigenvalue weighted by molar-refractivity contribution is 5.78. The second-order valence-corrected chi connectivity index (χ2v) is 3.84. The topological polar surface area (TPSA) is 51.2 Å². The van der Waals surface area contributed by atoms with E-state index in [-0.39, 0.29) is 11.9 Å². The van der Waals surface area contributed by atoms with Crippen LogP contribution in [-0.2, 0) is 0 Å². The molecule has 2 aromatic rings. The molecule has 1 atom stereocenters. The van der Waals surface area contributed by atoms with Crippen molar-refractivity contribution in [3.05, 3.63) is 35.8 Å². The average molecular weight is 222 g/mol. The van der Waals surface area contributed by atoms with E-state index in [1.165, 1.54) is 12.1 Å². The largest absolute Gasteiger partial charge is 0.459 e. The lowest BCUT2D eigenvalue weighted by atomic mass is 10.1. The summed E-state index contributed by atoms with van der Waals surface area (Å²) >= 11 is 0. The van der Waals surface area contributed by atoms with Crippen molar-refractivity contribution in [2.24, 2.45) is 5.84 Å². The molecule has 0 saturated carbocycles. The van der Waals surface area contributed by atoms with Crippen LogP contribution in [0.5, 0.6) is 0 Å². The van der Waals surface area contributed by atoms with E-state index >= 15 is 0 Å². The third kappa shape index (κ3) is 2.08. The molecule has 0 fully saturated rings. The van der Waals surface area contributed by atoms with Crippen molar-refractivity contribution in [2.45, 2.75) is 25.8 Å². The van der Waals surface area contributed by atoms with Crippen LogP contribution in [-0.4, -0.2) is 0 Å². The van der Waals surface area contributed by atoms with Gasteiger partial charge in [-0.25, -0.2) is 9.82 Å². The van der Waals surface area contributed by atoms with Gasteiger partial charge in [0.1, 0.15) is 17.2 Å². The average Bonchev–Trinajstić information content (AvgIpc) is 2.68. The van der Waals surface area contributed by atoms with Crippen molar-refractivity contribution in [1.29, 1.82) is 0 Å². The molecule has 0 aliphatic rings. The van der Waals surface area contributed by atoms with Crippen LogP contribution in [0.25, 0.3) is 11.0 Å². The minimum Gasteiger partial charge on any atom is -0.459 e. The Balaban J connectivity index is 2.37. The van der Waals surface area contributed by atoms with Gasteiger partial charge < -0.3 is 4.42 Å². The quantitative estimate of drug-likeness (QED) is 0.617. The highest BCUT2D eigenvalue weighted by atomic mass is 19.1. The van der Waals surface area contributed by atoms with Crippen molar-refractivity contribution in [3.8, 4) is 0 Å². The standard InChI is InChI=1S/C12H15FN2O/c1-2-3-10(15-14)12-7-8-6-9(13)4-5-11(8)16-12/h4-7,10,15H,2-3,14H2,1H3. The summed E-state index contributed by atoms with van der Waals surface area (Å²) in [6.45, 7) is 2.08. The molecule has 1 aromatic heterocycles. The Morgan fingerprint density at radius 3 is 2.94 bits per heavy atom. The maximum absolute atomic E-state index is 13.0. The molecule has 1 heterocycles. The second-order valence-electron chi connectivity index (χ2n) is 3.84. The fraction of sp³-hybridized carbons (Fsp3) is 0.333. The van der Waals surface area contributed by atoms with Crippen LogP contribution in [0.3, 0.4) is 0 Å². The zero-order valence-electron chi connectivity index (χ0n) is 9.16. The Kier molecular flexibility index (Phi) is 3.22. The summed E-state index contributed by atoms with van der Waals surface area (Å²) in [5.74, 6) is 5.96. The zero-order valence-corrected chi connectivity index (χ0v) is 9.16. The molecule has 1 unspecified atom stereocenters. The molecule has 0 aliphatic carbocycles. The molecule has 0 saturated heterocycles. The second kappa shape index (κ2) is 4.63. The third-order valence-electron chi connectivity index (χ3n) is 2.62. The highest BCUT2D eigenvalue weighted by Gasteiger charge is 2.14. The van der Waals surface area contributed by atoms with E-state index in [2.05, 4.69) is 12.3 Å². The van der Waals surface area contributed by atoms with Gasteiger partial charge >= 0.3 is 0 Å². The fourth-order valence-corrected chi connectivity index (χ4v) is 1.80. The molecule has 3 N–H and O–H groups in total. The number of hydrazine groups is 1. The van der Waals surface area contributed by atoms with E-state index in [9.17, 15) is 4.39 Å². The van der Waals surface area contributed by atoms with Crippen molar-refractivity contribution < 1.29 is 8.81 Å². The first kappa shape index (κ1) is 11.1. The van der Waals surface area contributed by atoms with Crippen LogP contribution in [0.4, 0.5) is 4.39 Å². The van der Waals surface area contributed by atoms with Crippen molar-refractivity contribution in [1.82, 2.24) is 5.43 Å². The predicted octanol–water partition coefficient (Wildman–Crippen LogP) is 2.88. The monoisotopic (exact) mass is 222 g/mol. The summed E-state index contributed by atoms with van der Waals surface area (Å²) in [7, 11) is 0. The third-order valence-corrected chi connectivity index (χ3v) is 2.62. The van der Waals surface area contributed by atoms with E-state index in [4.69, 9.17) is 10.3 Å². The molecule has 0 radical (unpaired) electrons. The molecule has 2 rings (SSSR count). The minimum absolute atomic E-state index is 0.0135. The summed E-state index contributed by atoms with van der Waals surface area (Å²) in [5.41, 5.74) is 3.40. The number of benzene rings is 1. The predicted molar refractivity (Wildman–Crippen MR) is 61.1 cm³/mol. The number of nitrogens with one attached hydrogen (secondary N) is 1. The molecule has 0 bridgehead atoms. The van der Waals surface area contributed by atoms with Gasteiger partial charge in [-0.2, -0.15) is 0 Å². The number of hydrogen-bond acceptors (Lipinski definition) is 3. The Morgan fingerprint density at radius 2 is 2.25 bits per heavy atom. The first-order chi connectivity index (χ1) is 7.74. The molecule has 86 valence electrons. The van der Waals surface area contributed by atoms with Crippen LogP contribution in [0.1, 0.15) is 31.6 Å². The van der Waals surface area contributed by atoms with Crippen molar-refractivity contribution >= 4 is 11.0 Å². The van der Waals surface area contributed by atoms with E-state index < -0.39 is 0 Å². The van der Waals surface area contributed by atoms with E-state index in [0.717, 1.165) is 24.0 Å². The molecule has 0 amide bonds. The van der Waals surface area contributed by atoms with Gasteiger partial charge in [0, 0.05) is 5.39 Å². The number of nitrogens with two attached hydrogens (primary N) is 1. The number of rotatable bonds is 4. The zero-order chi connectivity index (χ0) is 11.5.